The van der Waals surface area contributed by atoms with Crippen LogP contribution in [0.4, 0.5) is 5.69 Å². The van der Waals surface area contributed by atoms with E-state index >= 15 is 0 Å². The molecular weight excluding hydrogens is 256 g/mol. The van der Waals surface area contributed by atoms with Crippen molar-refractivity contribution in [2.24, 2.45) is 0 Å². The van der Waals surface area contributed by atoms with Crippen molar-refractivity contribution in [3.63, 3.8) is 0 Å². The van der Waals surface area contributed by atoms with Gasteiger partial charge in [-0.05, 0) is 23.8 Å². The van der Waals surface area contributed by atoms with E-state index in [2.05, 4.69) is 25.9 Å². The molecule has 1 heterocycles. The molecule has 0 aliphatic heterocycles. The van der Waals surface area contributed by atoms with E-state index in [4.69, 9.17) is 10.00 Å². The molecule has 0 fully saturated rings. The summed E-state index contributed by atoms with van der Waals surface area (Å²) < 4.78 is 5.62. The second-order valence-corrected chi connectivity index (χ2v) is 3.89. The van der Waals surface area contributed by atoms with E-state index in [1.165, 1.54) is 6.20 Å². The predicted molar refractivity (Wildman–Crippen MR) is 73.6 cm³/mol. The van der Waals surface area contributed by atoms with Gasteiger partial charge in [-0.15, -0.1) is 10.2 Å². The van der Waals surface area contributed by atoms with Gasteiger partial charge in [0.15, 0.2) is 0 Å². The maximum absolute atomic E-state index is 9.08. The van der Waals surface area contributed by atoms with E-state index in [1.54, 1.807) is 0 Å². The first kappa shape index (κ1) is 13.5. The fourth-order valence-electron chi connectivity index (χ4n) is 1.50. The number of aromatic nitrogens is 4. The summed E-state index contributed by atoms with van der Waals surface area (Å²) in [5.74, 6) is 0.975. The summed E-state index contributed by atoms with van der Waals surface area (Å²) in [6.45, 7) is 2.68. The SMILES string of the molecule is CCCOc1ccccc1NC=C(C#N)c1nn[nH]n1. The lowest BCUT2D eigenvalue weighted by molar-refractivity contribution is 0.319. The fraction of sp³-hybridized carbons (Fsp3) is 0.231. The lowest BCUT2D eigenvalue weighted by atomic mass is 10.2. The molecule has 1 aromatic carbocycles. The van der Waals surface area contributed by atoms with Crippen molar-refractivity contribution < 1.29 is 4.74 Å². The molecule has 7 nitrogen and oxygen atoms in total. The molecule has 1 aromatic heterocycles. The highest BCUT2D eigenvalue weighted by molar-refractivity contribution is 5.74. The highest BCUT2D eigenvalue weighted by Crippen LogP contribution is 2.24. The zero-order valence-corrected chi connectivity index (χ0v) is 11.0. The number of rotatable bonds is 6. The zero-order valence-electron chi connectivity index (χ0n) is 11.0. The molecule has 0 bridgehead atoms. The number of ether oxygens (including phenoxy) is 1. The summed E-state index contributed by atoms with van der Waals surface area (Å²) in [7, 11) is 0. The van der Waals surface area contributed by atoms with Crippen molar-refractivity contribution in [2.75, 3.05) is 11.9 Å². The number of nitrogens with zero attached hydrogens (tertiary/aromatic N) is 4. The average Bonchev–Trinajstić information content (AvgIpc) is 3.01. The van der Waals surface area contributed by atoms with Gasteiger partial charge in [0.25, 0.3) is 0 Å². The van der Waals surface area contributed by atoms with Gasteiger partial charge in [0, 0.05) is 6.20 Å². The Morgan fingerprint density at radius 1 is 1.50 bits per heavy atom. The van der Waals surface area contributed by atoms with E-state index < -0.39 is 0 Å². The van der Waals surface area contributed by atoms with Crippen LogP contribution in [-0.4, -0.2) is 27.2 Å². The molecule has 20 heavy (non-hydrogen) atoms. The van der Waals surface area contributed by atoms with Crippen molar-refractivity contribution in [3.8, 4) is 11.8 Å². The number of tetrazole rings is 1. The maximum Gasteiger partial charge on any atom is 0.216 e. The van der Waals surface area contributed by atoms with Gasteiger partial charge in [-0.3, -0.25) is 0 Å². The minimum Gasteiger partial charge on any atom is -0.491 e. The molecule has 0 aliphatic rings. The van der Waals surface area contributed by atoms with Gasteiger partial charge < -0.3 is 10.1 Å². The average molecular weight is 270 g/mol. The highest BCUT2D eigenvalue weighted by atomic mass is 16.5. The Labute approximate surface area is 116 Å². The van der Waals surface area contributed by atoms with Crippen LogP contribution < -0.4 is 10.1 Å². The largest absolute Gasteiger partial charge is 0.491 e. The molecule has 0 amide bonds. The molecule has 7 heteroatoms. The third kappa shape index (κ3) is 3.32. The Bertz CT molecular complexity index is 614. The van der Waals surface area contributed by atoms with Gasteiger partial charge in [0.2, 0.25) is 5.82 Å². The van der Waals surface area contributed by atoms with Gasteiger partial charge in [-0.25, -0.2) is 0 Å². The van der Waals surface area contributed by atoms with Gasteiger partial charge in [-0.1, -0.05) is 19.1 Å². The molecule has 2 aromatic rings. The Hall–Kier alpha value is -2.88. The summed E-state index contributed by atoms with van der Waals surface area (Å²) >= 11 is 0. The first-order valence-corrected chi connectivity index (χ1v) is 6.17. The monoisotopic (exact) mass is 270 g/mol. The van der Waals surface area contributed by atoms with Gasteiger partial charge in [-0.2, -0.15) is 10.5 Å². The van der Waals surface area contributed by atoms with E-state index in [-0.39, 0.29) is 11.4 Å². The van der Waals surface area contributed by atoms with Crippen LogP contribution in [0.3, 0.4) is 0 Å². The third-order valence-electron chi connectivity index (χ3n) is 2.43. The number of aromatic amines is 1. The molecule has 102 valence electrons. The van der Waals surface area contributed by atoms with Gasteiger partial charge in [0.05, 0.1) is 12.3 Å². The number of para-hydroxylation sites is 2. The van der Waals surface area contributed by atoms with Gasteiger partial charge >= 0.3 is 0 Å². The Morgan fingerprint density at radius 2 is 2.35 bits per heavy atom. The molecule has 0 atom stereocenters. The summed E-state index contributed by atoms with van der Waals surface area (Å²) in [6, 6.07) is 9.52. The van der Waals surface area contributed by atoms with Crippen LogP contribution in [0, 0.1) is 11.3 Å². The number of benzene rings is 1. The minimum atomic E-state index is 0.243. The standard InChI is InChI=1S/C13H14N6O/c1-2-7-20-12-6-4-3-5-11(12)15-9-10(8-14)13-16-18-19-17-13/h3-6,9,15H,2,7H2,1H3,(H,16,17,18,19). The second kappa shape index (κ2) is 6.89. The van der Waals surface area contributed by atoms with Crippen LogP contribution in [0.25, 0.3) is 5.57 Å². The number of H-pyrrole nitrogens is 1. The summed E-state index contributed by atoms with van der Waals surface area (Å²) in [6.07, 6.45) is 2.45. The molecule has 0 unspecified atom stereocenters. The highest BCUT2D eigenvalue weighted by Gasteiger charge is 2.06. The molecule has 0 aliphatic carbocycles. The van der Waals surface area contributed by atoms with E-state index in [0.717, 1.165) is 17.9 Å². The molecule has 2 rings (SSSR count). The lowest BCUT2D eigenvalue weighted by Gasteiger charge is -2.10. The second-order valence-electron chi connectivity index (χ2n) is 3.89. The van der Waals surface area contributed by atoms with Crippen molar-refractivity contribution in [2.45, 2.75) is 13.3 Å². The lowest BCUT2D eigenvalue weighted by Crippen LogP contribution is -1.99. The molecule has 0 saturated heterocycles. The zero-order chi connectivity index (χ0) is 14.2. The minimum absolute atomic E-state index is 0.243. The number of nitrogens with one attached hydrogen (secondary N) is 2. The summed E-state index contributed by atoms with van der Waals surface area (Å²) in [4.78, 5) is 0. The Kier molecular flexibility index (Phi) is 4.67. The quantitative estimate of drug-likeness (QED) is 0.778. The van der Waals surface area contributed by atoms with E-state index in [1.807, 2.05) is 37.3 Å². The van der Waals surface area contributed by atoms with Crippen LogP contribution in [0.15, 0.2) is 30.5 Å². The normalized spacial score (nSPS) is 10.9. The molecule has 2 N–H and O–H groups in total. The topological polar surface area (TPSA) is 99.5 Å². The van der Waals surface area contributed by atoms with Crippen molar-refractivity contribution >= 4 is 11.3 Å². The van der Waals surface area contributed by atoms with E-state index in [0.29, 0.717) is 6.61 Å². The number of nitriles is 1. The van der Waals surface area contributed by atoms with Crippen LogP contribution in [-0.2, 0) is 0 Å². The fourth-order valence-corrected chi connectivity index (χ4v) is 1.50. The van der Waals surface area contributed by atoms with E-state index in [9.17, 15) is 0 Å². The first-order chi connectivity index (χ1) is 9.85. The molecule has 0 spiro atoms. The molecule has 0 saturated carbocycles. The number of hydrogen-bond donors (Lipinski definition) is 2. The third-order valence-corrected chi connectivity index (χ3v) is 2.43. The molecular formula is C13H14N6O. The number of anilines is 1. The smallest absolute Gasteiger partial charge is 0.216 e. The predicted octanol–water partition coefficient (Wildman–Crippen LogP) is 1.97. The van der Waals surface area contributed by atoms with Crippen molar-refractivity contribution in [1.29, 1.82) is 5.26 Å². The maximum atomic E-state index is 9.08. The number of allylic oxidation sites excluding steroid dienone is 1. The number of hydrogen-bond acceptors (Lipinski definition) is 6. The Balaban J connectivity index is 2.16. The summed E-state index contributed by atoms with van der Waals surface area (Å²) in [5, 5.41) is 25.4. The first-order valence-electron chi connectivity index (χ1n) is 6.17. The van der Waals surface area contributed by atoms with Crippen molar-refractivity contribution in [3.05, 3.63) is 36.3 Å². The van der Waals surface area contributed by atoms with Crippen LogP contribution in [0.1, 0.15) is 19.2 Å². The summed E-state index contributed by atoms with van der Waals surface area (Å²) in [5.41, 5.74) is 1.06. The Morgan fingerprint density at radius 3 is 3.05 bits per heavy atom. The van der Waals surface area contributed by atoms with Crippen molar-refractivity contribution in [1.82, 2.24) is 20.6 Å². The van der Waals surface area contributed by atoms with Crippen LogP contribution in [0.2, 0.25) is 0 Å². The van der Waals surface area contributed by atoms with Gasteiger partial charge in [0.1, 0.15) is 17.4 Å². The van der Waals surface area contributed by atoms with Crippen LogP contribution in [0.5, 0.6) is 5.75 Å². The van der Waals surface area contributed by atoms with Crippen LogP contribution >= 0.6 is 0 Å². The molecule has 0 radical (unpaired) electrons.